The molecule has 0 radical (unpaired) electrons. The molecule has 2 atom stereocenters. The SMILES string of the molecule is CC1CC(c2ccc(C(=O)O)cc2)CN1C(=O)OCc1ccccc1. The molecule has 1 saturated heterocycles. The summed E-state index contributed by atoms with van der Waals surface area (Å²) in [5.41, 5.74) is 2.28. The van der Waals surface area contributed by atoms with Gasteiger partial charge in [0.2, 0.25) is 0 Å². The molecular formula is C20H21NO4. The molecule has 1 fully saturated rings. The van der Waals surface area contributed by atoms with Gasteiger partial charge in [-0.1, -0.05) is 42.5 Å². The van der Waals surface area contributed by atoms with Crippen LogP contribution < -0.4 is 0 Å². The van der Waals surface area contributed by atoms with E-state index in [1.54, 1.807) is 17.0 Å². The summed E-state index contributed by atoms with van der Waals surface area (Å²) in [6.45, 7) is 2.86. The second-order valence-electron chi connectivity index (χ2n) is 6.40. The smallest absolute Gasteiger partial charge is 0.410 e. The number of hydrogen-bond donors (Lipinski definition) is 1. The maximum absolute atomic E-state index is 12.4. The van der Waals surface area contributed by atoms with Crippen molar-refractivity contribution in [3.63, 3.8) is 0 Å². The predicted octanol–water partition coefficient (Wildman–Crippen LogP) is 3.90. The van der Waals surface area contributed by atoms with Crippen LogP contribution in [0.4, 0.5) is 4.79 Å². The second-order valence-corrected chi connectivity index (χ2v) is 6.40. The van der Waals surface area contributed by atoms with Crippen LogP contribution in [0.15, 0.2) is 54.6 Å². The van der Waals surface area contributed by atoms with Crippen molar-refractivity contribution >= 4 is 12.1 Å². The van der Waals surface area contributed by atoms with E-state index in [1.165, 1.54) is 0 Å². The minimum atomic E-state index is -0.933. The number of rotatable bonds is 4. The first kappa shape index (κ1) is 17.0. The van der Waals surface area contributed by atoms with Gasteiger partial charge in [-0.2, -0.15) is 0 Å². The zero-order valence-corrected chi connectivity index (χ0v) is 14.1. The summed E-state index contributed by atoms with van der Waals surface area (Å²) in [7, 11) is 0. The molecular weight excluding hydrogens is 318 g/mol. The van der Waals surface area contributed by atoms with Gasteiger partial charge in [0.15, 0.2) is 0 Å². The number of ether oxygens (including phenoxy) is 1. The minimum absolute atomic E-state index is 0.0902. The maximum Gasteiger partial charge on any atom is 0.410 e. The number of carboxylic acid groups (broad SMARTS) is 1. The normalized spacial score (nSPS) is 19.6. The molecule has 1 N–H and O–H groups in total. The number of nitrogens with zero attached hydrogens (tertiary/aromatic N) is 1. The fraction of sp³-hybridized carbons (Fsp3) is 0.300. The van der Waals surface area contributed by atoms with E-state index in [-0.39, 0.29) is 30.2 Å². The molecule has 2 aromatic carbocycles. The molecule has 1 amide bonds. The molecule has 2 unspecified atom stereocenters. The van der Waals surface area contributed by atoms with Crippen molar-refractivity contribution in [3.05, 3.63) is 71.3 Å². The van der Waals surface area contributed by atoms with Gasteiger partial charge in [-0.05, 0) is 36.6 Å². The fourth-order valence-corrected chi connectivity index (χ4v) is 3.23. The number of aromatic carboxylic acids is 1. The van der Waals surface area contributed by atoms with E-state index in [2.05, 4.69) is 0 Å². The Morgan fingerprint density at radius 2 is 1.80 bits per heavy atom. The van der Waals surface area contributed by atoms with Crippen molar-refractivity contribution in [2.24, 2.45) is 0 Å². The van der Waals surface area contributed by atoms with Crippen molar-refractivity contribution in [2.45, 2.75) is 31.9 Å². The molecule has 0 aliphatic carbocycles. The zero-order valence-electron chi connectivity index (χ0n) is 14.1. The summed E-state index contributed by atoms with van der Waals surface area (Å²) in [5, 5.41) is 8.98. The lowest BCUT2D eigenvalue weighted by Gasteiger charge is -2.20. The van der Waals surface area contributed by atoms with Gasteiger partial charge < -0.3 is 14.7 Å². The van der Waals surface area contributed by atoms with Crippen LogP contribution >= 0.6 is 0 Å². The number of benzene rings is 2. The number of likely N-dealkylation sites (tertiary alicyclic amines) is 1. The molecule has 130 valence electrons. The van der Waals surface area contributed by atoms with Crippen LogP contribution in [0.5, 0.6) is 0 Å². The minimum Gasteiger partial charge on any atom is -0.478 e. The Kier molecular flexibility index (Phi) is 5.03. The zero-order chi connectivity index (χ0) is 17.8. The Morgan fingerprint density at radius 3 is 2.44 bits per heavy atom. The monoisotopic (exact) mass is 339 g/mol. The van der Waals surface area contributed by atoms with E-state index in [4.69, 9.17) is 9.84 Å². The van der Waals surface area contributed by atoms with E-state index in [0.717, 1.165) is 17.5 Å². The predicted molar refractivity (Wildman–Crippen MR) is 93.6 cm³/mol. The van der Waals surface area contributed by atoms with Crippen LogP contribution in [0.1, 0.15) is 40.7 Å². The Balaban J connectivity index is 1.60. The fourth-order valence-electron chi connectivity index (χ4n) is 3.23. The van der Waals surface area contributed by atoms with Crippen LogP contribution in [0.3, 0.4) is 0 Å². The molecule has 5 nitrogen and oxygen atoms in total. The van der Waals surface area contributed by atoms with Crippen molar-refractivity contribution < 1.29 is 19.4 Å². The van der Waals surface area contributed by atoms with Crippen LogP contribution in [0.2, 0.25) is 0 Å². The molecule has 0 bridgehead atoms. The van der Waals surface area contributed by atoms with Crippen LogP contribution in [-0.4, -0.2) is 34.7 Å². The summed E-state index contributed by atoms with van der Waals surface area (Å²) < 4.78 is 5.43. The van der Waals surface area contributed by atoms with Crippen molar-refractivity contribution in [1.29, 1.82) is 0 Å². The number of carbonyl (C=O) groups is 2. The van der Waals surface area contributed by atoms with Gasteiger partial charge in [0.05, 0.1) is 5.56 Å². The molecule has 0 spiro atoms. The van der Waals surface area contributed by atoms with E-state index in [1.807, 2.05) is 49.4 Å². The molecule has 0 aromatic heterocycles. The number of amides is 1. The summed E-state index contributed by atoms with van der Waals surface area (Å²) in [6, 6.07) is 16.6. The molecule has 0 saturated carbocycles. The lowest BCUT2D eigenvalue weighted by Crippen LogP contribution is -2.34. The van der Waals surface area contributed by atoms with E-state index < -0.39 is 5.97 Å². The Bertz CT molecular complexity index is 742. The van der Waals surface area contributed by atoms with Gasteiger partial charge in [0.1, 0.15) is 6.61 Å². The van der Waals surface area contributed by atoms with Crippen LogP contribution in [0.25, 0.3) is 0 Å². The van der Waals surface area contributed by atoms with E-state index in [0.29, 0.717) is 6.54 Å². The molecule has 2 aromatic rings. The van der Waals surface area contributed by atoms with Gasteiger partial charge in [-0.15, -0.1) is 0 Å². The van der Waals surface area contributed by atoms with Gasteiger partial charge in [-0.25, -0.2) is 9.59 Å². The van der Waals surface area contributed by atoms with E-state index >= 15 is 0 Å². The largest absolute Gasteiger partial charge is 0.478 e. The highest BCUT2D eigenvalue weighted by atomic mass is 16.6. The van der Waals surface area contributed by atoms with Gasteiger partial charge in [0, 0.05) is 18.5 Å². The highest BCUT2D eigenvalue weighted by Crippen LogP contribution is 2.32. The van der Waals surface area contributed by atoms with Crippen LogP contribution in [0, 0.1) is 0 Å². The van der Waals surface area contributed by atoms with Gasteiger partial charge in [0.25, 0.3) is 0 Å². The average Bonchev–Trinajstić information content (AvgIpc) is 3.02. The standard InChI is InChI=1S/C20H21NO4/c1-14-11-18(16-7-9-17(10-8-16)19(22)23)12-21(14)20(24)25-13-15-5-3-2-4-6-15/h2-10,14,18H,11-13H2,1H3,(H,22,23). The van der Waals surface area contributed by atoms with E-state index in [9.17, 15) is 9.59 Å². The Hall–Kier alpha value is -2.82. The average molecular weight is 339 g/mol. The molecule has 3 rings (SSSR count). The molecule has 1 aliphatic heterocycles. The number of carbonyl (C=O) groups excluding carboxylic acids is 1. The number of hydrogen-bond acceptors (Lipinski definition) is 3. The first-order valence-electron chi connectivity index (χ1n) is 8.35. The maximum atomic E-state index is 12.4. The second kappa shape index (κ2) is 7.38. The Morgan fingerprint density at radius 1 is 1.12 bits per heavy atom. The number of carboxylic acids is 1. The van der Waals surface area contributed by atoms with Crippen molar-refractivity contribution in [3.8, 4) is 0 Å². The molecule has 25 heavy (non-hydrogen) atoms. The highest BCUT2D eigenvalue weighted by Gasteiger charge is 2.34. The third-order valence-corrected chi connectivity index (χ3v) is 4.64. The molecule has 5 heteroatoms. The van der Waals surface area contributed by atoms with Crippen LogP contribution in [-0.2, 0) is 11.3 Å². The third-order valence-electron chi connectivity index (χ3n) is 4.64. The first-order valence-corrected chi connectivity index (χ1v) is 8.35. The first-order chi connectivity index (χ1) is 12.0. The third kappa shape index (κ3) is 3.99. The topological polar surface area (TPSA) is 66.8 Å². The lowest BCUT2D eigenvalue weighted by atomic mass is 9.96. The summed E-state index contributed by atoms with van der Waals surface area (Å²) in [5.74, 6) is -0.737. The Labute approximate surface area is 146 Å². The van der Waals surface area contributed by atoms with Crippen molar-refractivity contribution in [2.75, 3.05) is 6.54 Å². The lowest BCUT2D eigenvalue weighted by molar-refractivity contribution is 0.0696. The highest BCUT2D eigenvalue weighted by molar-refractivity contribution is 5.87. The summed E-state index contributed by atoms with van der Waals surface area (Å²) in [4.78, 5) is 25.1. The van der Waals surface area contributed by atoms with Gasteiger partial charge >= 0.3 is 12.1 Å². The van der Waals surface area contributed by atoms with Crippen molar-refractivity contribution in [1.82, 2.24) is 4.90 Å². The summed E-state index contributed by atoms with van der Waals surface area (Å²) >= 11 is 0. The summed E-state index contributed by atoms with van der Waals surface area (Å²) in [6.07, 6.45) is 0.536. The quantitative estimate of drug-likeness (QED) is 0.917. The molecule has 1 aliphatic rings. The van der Waals surface area contributed by atoms with Gasteiger partial charge in [-0.3, -0.25) is 0 Å². The molecule has 1 heterocycles.